The Labute approximate surface area is 178 Å². The van der Waals surface area contributed by atoms with Gasteiger partial charge in [0.25, 0.3) is 17.7 Å². The highest BCUT2D eigenvalue weighted by atomic mass is 19.1. The first kappa shape index (κ1) is 20.3. The number of hydrogen-bond acceptors (Lipinski definition) is 4. The Morgan fingerprint density at radius 3 is 2.42 bits per heavy atom. The van der Waals surface area contributed by atoms with Crippen LogP contribution in [0.15, 0.2) is 66.7 Å². The first-order valence-corrected chi connectivity index (χ1v) is 9.76. The quantitative estimate of drug-likeness (QED) is 0.615. The van der Waals surface area contributed by atoms with Crippen LogP contribution in [-0.2, 0) is 6.54 Å². The summed E-state index contributed by atoms with van der Waals surface area (Å²) >= 11 is 0. The minimum Gasteiger partial charge on any atom is -0.494 e. The SMILES string of the molecule is CCOc1ccc(N2C(=O)c3ccc(C(=O)NCc4cccc(F)c4)cc3C2=O)cc1. The lowest BCUT2D eigenvalue weighted by atomic mass is 10.1. The van der Waals surface area contributed by atoms with Gasteiger partial charge in [-0.3, -0.25) is 14.4 Å². The Morgan fingerprint density at radius 1 is 0.968 bits per heavy atom. The van der Waals surface area contributed by atoms with E-state index in [1.165, 1.54) is 30.3 Å². The Morgan fingerprint density at radius 2 is 1.71 bits per heavy atom. The fourth-order valence-electron chi connectivity index (χ4n) is 3.41. The predicted octanol–water partition coefficient (Wildman–Crippen LogP) is 3.96. The van der Waals surface area contributed by atoms with Gasteiger partial charge >= 0.3 is 0 Å². The molecule has 1 heterocycles. The molecule has 0 fully saturated rings. The maximum absolute atomic E-state index is 13.3. The number of benzene rings is 3. The van der Waals surface area contributed by atoms with Crippen LogP contribution in [0.1, 0.15) is 43.6 Å². The second-order valence-corrected chi connectivity index (χ2v) is 6.95. The van der Waals surface area contributed by atoms with Gasteiger partial charge < -0.3 is 10.1 Å². The van der Waals surface area contributed by atoms with Crippen molar-refractivity contribution in [3.05, 3.63) is 94.8 Å². The summed E-state index contributed by atoms with van der Waals surface area (Å²) in [4.78, 5) is 39.3. The van der Waals surface area contributed by atoms with Crippen molar-refractivity contribution in [3.8, 4) is 5.75 Å². The van der Waals surface area contributed by atoms with Crippen molar-refractivity contribution < 1.29 is 23.5 Å². The summed E-state index contributed by atoms with van der Waals surface area (Å²) in [6.07, 6.45) is 0. The third kappa shape index (κ3) is 4.02. The number of imide groups is 1. The molecule has 0 radical (unpaired) electrons. The fourth-order valence-corrected chi connectivity index (χ4v) is 3.41. The van der Waals surface area contributed by atoms with Crippen molar-refractivity contribution in [3.63, 3.8) is 0 Å². The molecule has 0 saturated heterocycles. The number of carbonyl (C=O) groups excluding carboxylic acids is 3. The molecule has 6 nitrogen and oxygen atoms in total. The maximum atomic E-state index is 13.3. The largest absolute Gasteiger partial charge is 0.494 e. The number of nitrogens with zero attached hydrogens (tertiary/aromatic N) is 1. The third-order valence-corrected chi connectivity index (χ3v) is 4.90. The molecular weight excluding hydrogens is 399 g/mol. The topological polar surface area (TPSA) is 75.7 Å². The number of hydrogen-bond donors (Lipinski definition) is 1. The molecule has 4 rings (SSSR count). The van der Waals surface area contributed by atoms with Crippen LogP contribution in [0.5, 0.6) is 5.75 Å². The van der Waals surface area contributed by atoms with Crippen LogP contribution in [0.3, 0.4) is 0 Å². The third-order valence-electron chi connectivity index (χ3n) is 4.90. The van der Waals surface area contributed by atoms with Gasteiger partial charge in [0.05, 0.1) is 23.4 Å². The van der Waals surface area contributed by atoms with E-state index in [1.807, 2.05) is 6.92 Å². The molecule has 0 atom stereocenters. The highest BCUT2D eigenvalue weighted by molar-refractivity contribution is 6.34. The molecule has 0 spiro atoms. The molecule has 0 aromatic heterocycles. The minimum atomic E-state index is -0.496. The molecule has 3 aromatic carbocycles. The van der Waals surface area contributed by atoms with Crippen LogP contribution in [0.4, 0.5) is 10.1 Å². The molecule has 0 aliphatic carbocycles. The van der Waals surface area contributed by atoms with Crippen LogP contribution in [0.2, 0.25) is 0 Å². The average Bonchev–Trinajstić information content (AvgIpc) is 3.02. The second-order valence-electron chi connectivity index (χ2n) is 6.95. The first-order valence-electron chi connectivity index (χ1n) is 9.76. The lowest BCUT2D eigenvalue weighted by molar-refractivity contribution is 0.0923. The minimum absolute atomic E-state index is 0.138. The van der Waals surface area contributed by atoms with Crippen molar-refractivity contribution in [2.45, 2.75) is 13.5 Å². The van der Waals surface area contributed by atoms with E-state index in [4.69, 9.17) is 4.74 Å². The van der Waals surface area contributed by atoms with E-state index in [-0.39, 0.29) is 29.1 Å². The molecule has 0 saturated carbocycles. The summed E-state index contributed by atoms with van der Waals surface area (Å²) in [5, 5.41) is 2.69. The Hall–Kier alpha value is -4.00. The number of nitrogens with one attached hydrogen (secondary N) is 1. The second kappa shape index (κ2) is 8.39. The molecule has 1 aliphatic heterocycles. The number of carbonyl (C=O) groups is 3. The molecular formula is C24H19FN2O4. The molecule has 31 heavy (non-hydrogen) atoms. The van der Waals surface area contributed by atoms with E-state index in [9.17, 15) is 18.8 Å². The van der Waals surface area contributed by atoms with Gasteiger partial charge in [-0.2, -0.15) is 0 Å². The number of fused-ring (bicyclic) bond motifs is 1. The van der Waals surface area contributed by atoms with Crippen LogP contribution in [0.25, 0.3) is 0 Å². The van der Waals surface area contributed by atoms with Crippen LogP contribution >= 0.6 is 0 Å². The first-order chi connectivity index (χ1) is 15.0. The lowest BCUT2D eigenvalue weighted by Gasteiger charge is -2.14. The molecule has 156 valence electrons. The molecule has 0 bridgehead atoms. The smallest absolute Gasteiger partial charge is 0.266 e. The maximum Gasteiger partial charge on any atom is 0.266 e. The van der Waals surface area contributed by atoms with Crippen molar-refractivity contribution in [1.29, 1.82) is 0 Å². The van der Waals surface area contributed by atoms with Gasteiger partial charge in [0.1, 0.15) is 11.6 Å². The summed E-state index contributed by atoms with van der Waals surface area (Å²) in [5.74, 6) is -1.12. The molecule has 1 N–H and O–H groups in total. The Kier molecular flexibility index (Phi) is 5.49. The summed E-state index contributed by atoms with van der Waals surface area (Å²) in [6, 6.07) is 16.9. The normalized spacial score (nSPS) is 12.6. The zero-order chi connectivity index (χ0) is 22.0. The molecule has 3 aromatic rings. The number of ether oxygens (including phenoxy) is 1. The molecule has 3 amide bonds. The predicted molar refractivity (Wildman–Crippen MR) is 113 cm³/mol. The summed E-state index contributed by atoms with van der Waals surface area (Å²) in [5.41, 5.74) is 1.68. The highest BCUT2D eigenvalue weighted by Crippen LogP contribution is 2.30. The Bertz CT molecular complexity index is 1170. The van der Waals surface area contributed by atoms with Crippen LogP contribution in [-0.4, -0.2) is 24.3 Å². The molecule has 7 heteroatoms. The molecule has 0 unspecified atom stereocenters. The molecule has 1 aliphatic rings. The number of amides is 3. The monoisotopic (exact) mass is 418 g/mol. The van der Waals surface area contributed by atoms with E-state index in [0.717, 1.165) is 4.90 Å². The van der Waals surface area contributed by atoms with E-state index in [2.05, 4.69) is 5.32 Å². The average molecular weight is 418 g/mol. The van der Waals surface area contributed by atoms with Gasteiger partial charge in [0, 0.05) is 12.1 Å². The number of halogens is 1. The zero-order valence-electron chi connectivity index (χ0n) is 16.7. The Balaban J connectivity index is 1.52. The van der Waals surface area contributed by atoms with Gasteiger partial charge in [-0.1, -0.05) is 12.1 Å². The van der Waals surface area contributed by atoms with Crippen molar-refractivity contribution in [2.75, 3.05) is 11.5 Å². The number of rotatable bonds is 6. The van der Waals surface area contributed by atoms with E-state index in [0.29, 0.717) is 23.6 Å². The van der Waals surface area contributed by atoms with Crippen LogP contribution in [0, 0.1) is 5.82 Å². The summed E-state index contributed by atoms with van der Waals surface area (Å²) in [7, 11) is 0. The van der Waals surface area contributed by atoms with Gasteiger partial charge in [-0.05, 0) is 67.1 Å². The van der Waals surface area contributed by atoms with E-state index < -0.39 is 17.7 Å². The van der Waals surface area contributed by atoms with Gasteiger partial charge in [0.15, 0.2) is 0 Å². The zero-order valence-corrected chi connectivity index (χ0v) is 16.7. The standard InChI is InChI=1S/C24H19FN2O4/c1-2-31-19-9-7-18(8-10-19)27-23(29)20-11-6-16(13-21(20)24(27)30)22(28)26-14-15-4-3-5-17(25)12-15/h3-13H,2,14H2,1H3,(H,26,28). The van der Waals surface area contributed by atoms with Gasteiger partial charge in [0.2, 0.25) is 0 Å². The fraction of sp³-hybridized carbons (Fsp3) is 0.125. The van der Waals surface area contributed by atoms with E-state index >= 15 is 0 Å². The van der Waals surface area contributed by atoms with Gasteiger partial charge in [-0.15, -0.1) is 0 Å². The van der Waals surface area contributed by atoms with Gasteiger partial charge in [-0.25, -0.2) is 9.29 Å². The van der Waals surface area contributed by atoms with E-state index in [1.54, 1.807) is 36.4 Å². The van der Waals surface area contributed by atoms with Crippen molar-refractivity contribution >= 4 is 23.4 Å². The van der Waals surface area contributed by atoms with Crippen molar-refractivity contribution in [2.24, 2.45) is 0 Å². The summed E-state index contributed by atoms with van der Waals surface area (Å²) in [6.45, 7) is 2.51. The lowest BCUT2D eigenvalue weighted by Crippen LogP contribution is -2.29. The number of anilines is 1. The van der Waals surface area contributed by atoms with Crippen LogP contribution < -0.4 is 15.0 Å². The van der Waals surface area contributed by atoms with Crippen molar-refractivity contribution in [1.82, 2.24) is 5.32 Å². The highest BCUT2D eigenvalue weighted by Gasteiger charge is 2.37. The summed E-state index contributed by atoms with van der Waals surface area (Å²) < 4.78 is 18.7.